The Morgan fingerprint density at radius 3 is 2.39 bits per heavy atom. The summed E-state index contributed by atoms with van der Waals surface area (Å²) in [5.74, 6) is -0.391. The molecular weight excluding hydrogens is 500 g/mol. The molecule has 3 saturated carbocycles. The molecule has 0 amide bonds. The van der Waals surface area contributed by atoms with Crippen LogP contribution in [0, 0.1) is 47.8 Å². The highest BCUT2D eigenvalue weighted by Gasteiger charge is 2.68. The molecule has 1 heterocycles. The molecule has 38 heavy (non-hydrogen) atoms. The summed E-state index contributed by atoms with van der Waals surface area (Å²) in [6.07, 6.45) is 4.07. The second kappa shape index (κ2) is 10.2. The zero-order valence-corrected chi connectivity index (χ0v) is 24.6. The van der Waals surface area contributed by atoms with E-state index in [1.54, 1.807) is 19.9 Å². The van der Waals surface area contributed by atoms with Gasteiger partial charge in [-0.05, 0) is 63.7 Å². The van der Waals surface area contributed by atoms with E-state index in [1.807, 2.05) is 6.92 Å². The molecule has 7 nitrogen and oxygen atoms in total. The molecular formula is C30H42N2O5S. The maximum absolute atomic E-state index is 13.5. The average Bonchev–Trinajstić information content (AvgIpc) is 3.20. The van der Waals surface area contributed by atoms with Crippen LogP contribution in [0.15, 0.2) is 17.8 Å². The standard InChI is InChI=1S/C30H42N2O5S/c1-9-28(7)14-22(37-23(35)15-38-27-31-18(4)24(20(6)33)19(5)32-27)29(8)16(2)10-12-30(17(3)26(28)36)13-11-21(34)25(29)30/h9,16-17,22,25-26,36H,1,10-15H2,2-8H3/t16-,17+,22-,25+,26+,28-,29+,30+/m1/s1. The van der Waals surface area contributed by atoms with E-state index in [-0.39, 0.29) is 40.5 Å². The number of aliphatic hydroxyl groups is 1. The number of thioether (sulfide) groups is 1. The van der Waals surface area contributed by atoms with Crippen molar-refractivity contribution in [3.63, 3.8) is 0 Å². The summed E-state index contributed by atoms with van der Waals surface area (Å²) < 4.78 is 6.28. The lowest BCUT2D eigenvalue weighted by atomic mass is 9.44. The highest BCUT2D eigenvalue weighted by molar-refractivity contribution is 7.99. The van der Waals surface area contributed by atoms with Gasteiger partial charge in [-0.1, -0.05) is 45.5 Å². The molecule has 1 N–H and O–H groups in total. The van der Waals surface area contributed by atoms with Crippen LogP contribution in [-0.4, -0.2) is 50.6 Å². The van der Waals surface area contributed by atoms with Crippen molar-refractivity contribution in [1.29, 1.82) is 0 Å². The lowest BCUT2D eigenvalue weighted by Crippen LogP contribution is -2.63. The third-order valence-electron chi connectivity index (χ3n) is 10.5. The number of carbonyl (C=O) groups excluding carboxylic acids is 3. The quantitative estimate of drug-likeness (QED) is 0.170. The van der Waals surface area contributed by atoms with Crippen molar-refractivity contribution in [3.05, 3.63) is 29.6 Å². The Morgan fingerprint density at radius 1 is 1.18 bits per heavy atom. The van der Waals surface area contributed by atoms with E-state index in [1.165, 1.54) is 18.7 Å². The number of aromatic nitrogens is 2. The van der Waals surface area contributed by atoms with E-state index in [4.69, 9.17) is 4.74 Å². The molecule has 0 saturated heterocycles. The first-order valence-corrected chi connectivity index (χ1v) is 14.7. The van der Waals surface area contributed by atoms with Crippen molar-refractivity contribution in [2.24, 2.45) is 34.0 Å². The number of aliphatic hydroxyl groups excluding tert-OH is 1. The fourth-order valence-corrected chi connectivity index (χ4v) is 8.80. The van der Waals surface area contributed by atoms with Crippen LogP contribution in [0.1, 0.15) is 88.5 Å². The summed E-state index contributed by atoms with van der Waals surface area (Å²) >= 11 is 1.18. The smallest absolute Gasteiger partial charge is 0.316 e. The summed E-state index contributed by atoms with van der Waals surface area (Å²) in [6.45, 7) is 17.5. The number of carbonyl (C=O) groups is 3. The van der Waals surface area contributed by atoms with Gasteiger partial charge in [-0.3, -0.25) is 14.4 Å². The highest BCUT2D eigenvalue weighted by atomic mass is 32.2. The summed E-state index contributed by atoms with van der Waals surface area (Å²) in [6, 6.07) is 0. The van der Waals surface area contributed by atoms with Crippen LogP contribution in [0.25, 0.3) is 0 Å². The summed E-state index contributed by atoms with van der Waals surface area (Å²) in [5, 5.41) is 12.1. The molecule has 0 aliphatic heterocycles. The first-order valence-electron chi connectivity index (χ1n) is 13.7. The molecule has 0 radical (unpaired) electrons. The van der Waals surface area contributed by atoms with Gasteiger partial charge < -0.3 is 9.84 Å². The lowest BCUT2D eigenvalue weighted by molar-refractivity contribution is -0.205. The van der Waals surface area contributed by atoms with Gasteiger partial charge in [-0.25, -0.2) is 9.97 Å². The molecule has 3 fully saturated rings. The van der Waals surface area contributed by atoms with Crippen LogP contribution in [0.3, 0.4) is 0 Å². The number of hydrogen-bond acceptors (Lipinski definition) is 8. The molecule has 1 aromatic heterocycles. The fraction of sp³-hybridized carbons (Fsp3) is 0.700. The van der Waals surface area contributed by atoms with Crippen molar-refractivity contribution in [1.82, 2.24) is 9.97 Å². The Bertz CT molecular complexity index is 1150. The number of Topliss-reactive ketones (excluding diaryl/α,β-unsaturated/α-hetero) is 2. The molecule has 0 spiro atoms. The minimum Gasteiger partial charge on any atom is -0.461 e. The number of ether oxygens (including phenoxy) is 1. The molecule has 3 aliphatic carbocycles. The van der Waals surface area contributed by atoms with Crippen molar-refractivity contribution in [2.45, 2.75) is 97.9 Å². The van der Waals surface area contributed by atoms with Crippen molar-refractivity contribution >= 4 is 29.3 Å². The second-order valence-electron chi connectivity index (χ2n) is 12.5. The van der Waals surface area contributed by atoms with Gasteiger partial charge >= 0.3 is 5.97 Å². The van der Waals surface area contributed by atoms with Gasteiger partial charge in [-0.2, -0.15) is 0 Å². The van der Waals surface area contributed by atoms with Crippen LogP contribution >= 0.6 is 11.8 Å². The molecule has 8 atom stereocenters. The van der Waals surface area contributed by atoms with Crippen molar-refractivity contribution in [2.75, 3.05) is 5.75 Å². The number of aryl methyl sites for hydroxylation is 2. The van der Waals surface area contributed by atoms with E-state index in [0.29, 0.717) is 34.9 Å². The van der Waals surface area contributed by atoms with Crippen molar-refractivity contribution < 1.29 is 24.2 Å². The minimum atomic E-state index is -0.693. The Kier molecular flexibility index (Phi) is 7.74. The summed E-state index contributed by atoms with van der Waals surface area (Å²) in [7, 11) is 0. The van der Waals surface area contributed by atoms with Gasteiger partial charge in [0.15, 0.2) is 10.9 Å². The van der Waals surface area contributed by atoms with Gasteiger partial charge in [0.2, 0.25) is 0 Å². The minimum absolute atomic E-state index is 0.00672. The lowest BCUT2D eigenvalue weighted by Gasteiger charge is -2.61. The highest BCUT2D eigenvalue weighted by Crippen LogP contribution is 2.68. The van der Waals surface area contributed by atoms with E-state index >= 15 is 0 Å². The molecule has 0 aromatic carbocycles. The van der Waals surface area contributed by atoms with E-state index < -0.39 is 29.0 Å². The number of ketones is 2. The predicted octanol–water partition coefficient (Wildman–Crippen LogP) is 5.29. The van der Waals surface area contributed by atoms with Crippen LogP contribution < -0.4 is 0 Å². The maximum atomic E-state index is 13.5. The average molecular weight is 543 g/mol. The van der Waals surface area contributed by atoms with Crippen LogP contribution in [-0.2, 0) is 14.3 Å². The topological polar surface area (TPSA) is 106 Å². The van der Waals surface area contributed by atoms with Gasteiger partial charge in [0.1, 0.15) is 11.9 Å². The van der Waals surface area contributed by atoms with Crippen molar-refractivity contribution in [3.8, 4) is 0 Å². The summed E-state index contributed by atoms with van der Waals surface area (Å²) in [4.78, 5) is 47.6. The maximum Gasteiger partial charge on any atom is 0.316 e. The third kappa shape index (κ3) is 4.45. The second-order valence-corrected chi connectivity index (χ2v) is 13.4. The van der Waals surface area contributed by atoms with E-state index in [2.05, 4.69) is 37.3 Å². The van der Waals surface area contributed by atoms with E-state index in [0.717, 1.165) is 19.3 Å². The first kappa shape index (κ1) is 28.9. The summed E-state index contributed by atoms with van der Waals surface area (Å²) in [5.41, 5.74) is 0.169. The largest absolute Gasteiger partial charge is 0.461 e. The predicted molar refractivity (Wildman–Crippen MR) is 147 cm³/mol. The molecule has 2 bridgehead atoms. The van der Waals surface area contributed by atoms with Crippen LogP contribution in [0.5, 0.6) is 0 Å². The SMILES string of the molecule is C=C[C@]1(C)C[C@@H](OC(=O)CSc2nc(C)c(C(C)=O)c(C)n2)[C@]2(C)[C@H](C)CC[C@]3(CCC(=O)[C@H]32)[C@@H](C)[C@@H]1O. The number of esters is 1. The Labute approximate surface area is 230 Å². The third-order valence-corrected chi connectivity index (χ3v) is 11.3. The van der Waals surface area contributed by atoms with Crippen LogP contribution in [0.2, 0.25) is 0 Å². The molecule has 208 valence electrons. The zero-order valence-electron chi connectivity index (χ0n) is 23.8. The van der Waals surface area contributed by atoms with Gasteiger partial charge in [0, 0.05) is 23.2 Å². The number of nitrogens with zero attached hydrogens (tertiary/aromatic N) is 2. The van der Waals surface area contributed by atoms with Crippen LogP contribution in [0.4, 0.5) is 0 Å². The Balaban J connectivity index is 1.65. The van der Waals surface area contributed by atoms with E-state index in [9.17, 15) is 19.5 Å². The Hall–Kier alpha value is -2.06. The molecule has 4 rings (SSSR count). The molecule has 1 aromatic rings. The molecule has 8 heteroatoms. The molecule has 0 unspecified atom stereocenters. The fourth-order valence-electron chi connectivity index (χ4n) is 8.08. The zero-order chi connectivity index (χ0) is 28.2. The monoisotopic (exact) mass is 542 g/mol. The molecule has 3 aliphatic rings. The van der Waals surface area contributed by atoms with Gasteiger partial charge in [0.25, 0.3) is 0 Å². The first-order chi connectivity index (χ1) is 17.7. The number of rotatable bonds is 6. The van der Waals surface area contributed by atoms with Gasteiger partial charge in [-0.15, -0.1) is 6.58 Å². The Morgan fingerprint density at radius 2 is 1.82 bits per heavy atom. The number of hydrogen-bond donors (Lipinski definition) is 1. The van der Waals surface area contributed by atoms with Gasteiger partial charge in [0.05, 0.1) is 28.8 Å². The normalized spacial score (nSPS) is 38.6.